The number of carbonyl (C=O) groups is 1. The maximum atomic E-state index is 13.0. The van der Waals surface area contributed by atoms with Crippen LogP contribution in [-0.4, -0.2) is 12.5 Å². The van der Waals surface area contributed by atoms with E-state index in [4.69, 9.17) is 0 Å². The van der Waals surface area contributed by atoms with Gasteiger partial charge in [-0.2, -0.15) is 13.2 Å². The van der Waals surface area contributed by atoms with Gasteiger partial charge in [0.1, 0.15) is 0 Å². The molecule has 106 valence electrons. The Kier molecular flexibility index (Phi) is 4.61. The van der Waals surface area contributed by atoms with Gasteiger partial charge in [-0.05, 0) is 31.9 Å². The van der Waals surface area contributed by atoms with Gasteiger partial charge >= 0.3 is 6.18 Å². The summed E-state index contributed by atoms with van der Waals surface area (Å²) < 4.78 is 38.9. The number of alkyl halides is 3. The Labute approximate surface area is 111 Å². The quantitative estimate of drug-likeness (QED) is 0.893. The number of hydrogen-bond acceptors (Lipinski definition) is 1. The number of nitrogens with one attached hydrogen (secondary N) is 1. The highest BCUT2D eigenvalue weighted by Gasteiger charge is 2.40. The molecule has 0 aliphatic carbocycles. The van der Waals surface area contributed by atoms with Crippen LogP contribution in [-0.2, 0) is 16.4 Å². The lowest BCUT2D eigenvalue weighted by atomic mass is 9.80. The van der Waals surface area contributed by atoms with Gasteiger partial charge in [0.15, 0.2) is 0 Å². The molecule has 2 nitrogen and oxygen atoms in total. The first-order valence-electron chi connectivity index (χ1n) is 6.16. The van der Waals surface area contributed by atoms with Gasteiger partial charge in [-0.15, -0.1) is 0 Å². The van der Waals surface area contributed by atoms with E-state index in [0.717, 1.165) is 12.5 Å². The monoisotopic (exact) mass is 273 g/mol. The summed E-state index contributed by atoms with van der Waals surface area (Å²) in [7, 11) is 0. The van der Waals surface area contributed by atoms with Gasteiger partial charge in [-0.1, -0.05) is 25.1 Å². The molecule has 0 saturated heterocycles. The summed E-state index contributed by atoms with van der Waals surface area (Å²) in [5.41, 5.74) is -1.98. The van der Waals surface area contributed by atoms with Crippen LogP contribution < -0.4 is 5.32 Å². The maximum absolute atomic E-state index is 13.0. The van der Waals surface area contributed by atoms with Gasteiger partial charge in [0.2, 0.25) is 5.91 Å². The summed E-state index contributed by atoms with van der Waals surface area (Å²) in [4.78, 5) is 12.0. The molecule has 0 bridgehead atoms. The Morgan fingerprint density at radius 2 is 1.68 bits per heavy atom. The third kappa shape index (κ3) is 3.49. The lowest BCUT2D eigenvalue weighted by molar-refractivity contribution is -0.139. The normalized spacial score (nSPS) is 12.3. The summed E-state index contributed by atoms with van der Waals surface area (Å²) in [6.45, 7) is 5.35. The van der Waals surface area contributed by atoms with Crippen molar-refractivity contribution in [2.45, 2.75) is 38.8 Å². The largest absolute Gasteiger partial charge is 0.416 e. The molecule has 0 saturated carbocycles. The average molecular weight is 273 g/mol. The first-order chi connectivity index (χ1) is 8.71. The van der Waals surface area contributed by atoms with Gasteiger partial charge in [0.05, 0.1) is 11.0 Å². The van der Waals surface area contributed by atoms with E-state index in [1.165, 1.54) is 32.0 Å². The molecule has 1 N–H and O–H groups in total. The molecule has 1 aromatic rings. The Morgan fingerprint density at radius 1 is 1.16 bits per heavy atom. The first kappa shape index (κ1) is 15.5. The summed E-state index contributed by atoms with van der Waals surface area (Å²) >= 11 is 0. The van der Waals surface area contributed by atoms with Gasteiger partial charge in [-0.3, -0.25) is 4.79 Å². The molecule has 0 atom stereocenters. The lowest BCUT2D eigenvalue weighted by Crippen LogP contribution is -2.41. The van der Waals surface area contributed by atoms with Crippen molar-refractivity contribution in [3.05, 3.63) is 35.4 Å². The van der Waals surface area contributed by atoms with Crippen LogP contribution >= 0.6 is 0 Å². The van der Waals surface area contributed by atoms with Gasteiger partial charge in [0, 0.05) is 6.54 Å². The Bertz CT molecular complexity index is 452. The number of halogens is 3. The molecule has 0 fully saturated rings. The van der Waals surface area contributed by atoms with Crippen LogP contribution in [0.1, 0.15) is 38.3 Å². The Hall–Kier alpha value is -1.52. The highest BCUT2D eigenvalue weighted by atomic mass is 19.4. The van der Waals surface area contributed by atoms with Crippen molar-refractivity contribution in [3.8, 4) is 0 Å². The van der Waals surface area contributed by atoms with Crippen LogP contribution in [0.3, 0.4) is 0 Å². The lowest BCUT2D eigenvalue weighted by Gasteiger charge is -2.27. The number of benzene rings is 1. The van der Waals surface area contributed by atoms with E-state index in [2.05, 4.69) is 5.32 Å². The summed E-state index contributed by atoms with van der Waals surface area (Å²) in [6, 6.07) is 5.20. The van der Waals surface area contributed by atoms with Gasteiger partial charge in [0.25, 0.3) is 0 Å². The van der Waals surface area contributed by atoms with Crippen LogP contribution in [0.25, 0.3) is 0 Å². The molecular formula is C14H18F3NO. The van der Waals surface area contributed by atoms with Crippen molar-refractivity contribution in [2.24, 2.45) is 0 Å². The fraction of sp³-hybridized carbons (Fsp3) is 0.500. The van der Waals surface area contributed by atoms with Crippen molar-refractivity contribution < 1.29 is 18.0 Å². The van der Waals surface area contributed by atoms with Crippen molar-refractivity contribution in [2.75, 3.05) is 6.54 Å². The summed E-state index contributed by atoms with van der Waals surface area (Å²) in [5, 5.41) is 2.64. The minimum atomic E-state index is -4.46. The standard InChI is InChI=1S/C14H18F3NO/c1-4-9-18-12(19)13(2,3)10-7-5-6-8-11(10)14(15,16)17/h5-8H,4,9H2,1-3H3,(H,18,19). The predicted octanol–water partition coefficient (Wildman–Crippen LogP) is 3.51. The number of hydrogen-bond donors (Lipinski definition) is 1. The highest BCUT2D eigenvalue weighted by Crippen LogP contribution is 2.37. The van der Waals surface area contributed by atoms with Crippen LogP contribution in [0.2, 0.25) is 0 Å². The molecule has 0 radical (unpaired) electrons. The fourth-order valence-electron chi connectivity index (χ4n) is 1.86. The number of carbonyl (C=O) groups excluding carboxylic acids is 1. The Balaban J connectivity index is 3.18. The average Bonchev–Trinajstić information content (AvgIpc) is 2.34. The number of rotatable bonds is 4. The molecule has 0 aliphatic rings. The molecule has 1 rings (SSSR count). The zero-order valence-electron chi connectivity index (χ0n) is 11.3. The molecule has 0 spiro atoms. The van der Waals surface area contributed by atoms with Gasteiger partial charge in [-0.25, -0.2) is 0 Å². The molecular weight excluding hydrogens is 255 g/mol. The summed E-state index contributed by atoms with van der Waals surface area (Å²) in [6.07, 6.45) is -3.72. The zero-order valence-corrected chi connectivity index (χ0v) is 11.3. The number of amides is 1. The van der Waals surface area contributed by atoms with Crippen LogP contribution in [0, 0.1) is 0 Å². The Morgan fingerprint density at radius 3 is 2.16 bits per heavy atom. The van der Waals surface area contributed by atoms with E-state index in [1.807, 2.05) is 6.92 Å². The summed E-state index contributed by atoms with van der Waals surface area (Å²) in [5.74, 6) is -0.397. The molecule has 0 aromatic heterocycles. The molecule has 0 unspecified atom stereocenters. The second kappa shape index (κ2) is 5.63. The highest BCUT2D eigenvalue weighted by molar-refractivity contribution is 5.87. The third-order valence-corrected chi connectivity index (χ3v) is 3.01. The van der Waals surface area contributed by atoms with E-state index in [-0.39, 0.29) is 5.56 Å². The maximum Gasteiger partial charge on any atom is 0.416 e. The molecule has 5 heteroatoms. The van der Waals surface area contributed by atoms with E-state index >= 15 is 0 Å². The van der Waals surface area contributed by atoms with Crippen LogP contribution in [0.4, 0.5) is 13.2 Å². The van der Waals surface area contributed by atoms with Crippen molar-refractivity contribution in [3.63, 3.8) is 0 Å². The molecule has 0 aliphatic heterocycles. The molecule has 19 heavy (non-hydrogen) atoms. The van der Waals surface area contributed by atoms with Crippen molar-refractivity contribution in [1.82, 2.24) is 5.32 Å². The molecule has 1 amide bonds. The van der Waals surface area contributed by atoms with Crippen molar-refractivity contribution >= 4 is 5.91 Å². The second-order valence-electron chi connectivity index (χ2n) is 4.92. The topological polar surface area (TPSA) is 29.1 Å². The minimum absolute atomic E-state index is 0.00361. The van der Waals surface area contributed by atoms with E-state index in [0.29, 0.717) is 6.54 Å². The van der Waals surface area contributed by atoms with Gasteiger partial charge < -0.3 is 5.32 Å². The van der Waals surface area contributed by atoms with E-state index < -0.39 is 23.1 Å². The first-order valence-corrected chi connectivity index (χ1v) is 6.16. The minimum Gasteiger partial charge on any atom is -0.355 e. The predicted molar refractivity (Wildman–Crippen MR) is 67.8 cm³/mol. The fourth-order valence-corrected chi connectivity index (χ4v) is 1.86. The SMILES string of the molecule is CCCNC(=O)C(C)(C)c1ccccc1C(F)(F)F. The van der Waals surface area contributed by atoms with Crippen LogP contribution in [0.15, 0.2) is 24.3 Å². The zero-order chi connectivity index (χ0) is 14.7. The molecule has 1 aromatic carbocycles. The second-order valence-corrected chi connectivity index (χ2v) is 4.92. The third-order valence-electron chi connectivity index (χ3n) is 3.01. The van der Waals surface area contributed by atoms with Crippen molar-refractivity contribution in [1.29, 1.82) is 0 Å². The van der Waals surface area contributed by atoms with Crippen LogP contribution in [0.5, 0.6) is 0 Å². The van der Waals surface area contributed by atoms with E-state index in [9.17, 15) is 18.0 Å². The smallest absolute Gasteiger partial charge is 0.355 e. The van der Waals surface area contributed by atoms with E-state index in [1.54, 1.807) is 0 Å². The molecule has 0 heterocycles.